The quantitative estimate of drug-likeness (QED) is 0.847. The van der Waals surface area contributed by atoms with Crippen molar-refractivity contribution in [2.75, 3.05) is 11.5 Å². The molecule has 0 saturated carbocycles. The lowest BCUT2D eigenvalue weighted by Gasteiger charge is -2.13. The van der Waals surface area contributed by atoms with Crippen LogP contribution in [0.3, 0.4) is 0 Å². The molecular weight excluding hydrogens is 306 g/mol. The predicted molar refractivity (Wildman–Crippen MR) is 79.7 cm³/mol. The zero-order valence-electron chi connectivity index (χ0n) is 10.9. The Morgan fingerprint density at radius 1 is 1.16 bits per heavy atom. The minimum atomic E-state index is 0.196. The highest BCUT2D eigenvalue weighted by molar-refractivity contribution is 9.10. The van der Waals surface area contributed by atoms with Gasteiger partial charge < -0.3 is 11.5 Å². The first kappa shape index (κ1) is 13.7. The van der Waals surface area contributed by atoms with Crippen LogP contribution < -0.4 is 11.5 Å². The van der Waals surface area contributed by atoms with Gasteiger partial charge in [0.25, 0.3) is 0 Å². The third kappa shape index (κ3) is 3.20. The molecule has 2 heterocycles. The van der Waals surface area contributed by atoms with Crippen molar-refractivity contribution in [3.8, 4) is 0 Å². The van der Waals surface area contributed by atoms with E-state index in [4.69, 9.17) is 11.5 Å². The van der Waals surface area contributed by atoms with E-state index in [2.05, 4.69) is 44.7 Å². The van der Waals surface area contributed by atoms with E-state index in [1.54, 1.807) is 6.20 Å². The number of nitrogens with zero attached hydrogens (tertiary/aromatic N) is 3. The van der Waals surface area contributed by atoms with Crippen LogP contribution >= 0.6 is 15.9 Å². The summed E-state index contributed by atoms with van der Waals surface area (Å²) in [5.41, 5.74) is 14.6. The lowest BCUT2D eigenvalue weighted by molar-refractivity contribution is 0.836. The maximum atomic E-state index is 5.88. The van der Waals surface area contributed by atoms with Gasteiger partial charge in [-0.2, -0.15) is 4.98 Å². The molecule has 0 aliphatic heterocycles. The van der Waals surface area contributed by atoms with Gasteiger partial charge in [-0.15, -0.1) is 0 Å². The third-order valence-corrected chi connectivity index (χ3v) is 3.34. The van der Waals surface area contributed by atoms with Crippen LogP contribution in [-0.2, 0) is 6.42 Å². The first-order chi connectivity index (χ1) is 8.97. The fourth-order valence-corrected chi connectivity index (χ4v) is 2.31. The Morgan fingerprint density at radius 3 is 2.53 bits per heavy atom. The van der Waals surface area contributed by atoms with Gasteiger partial charge >= 0.3 is 0 Å². The van der Waals surface area contributed by atoms with E-state index >= 15 is 0 Å². The van der Waals surface area contributed by atoms with Crippen molar-refractivity contribution >= 4 is 27.7 Å². The van der Waals surface area contributed by atoms with Crippen LogP contribution in [0.25, 0.3) is 0 Å². The molecule has 0 bridgehead atoms. The normalized spacial score (nSPS) is 10.9. The van der Waals surface area contributed by atoms with Gasteiger partial charge in [-0.1, -0.05) is 13.8 Å². The summed E-state index contributed by atoms with van der Waals surface area (Å²) >= 11 is 3.40. The van der Waals surface area contributed by atoms with Crippen molar-refractivity contribution in [2.24, 2.45) is 0 Å². The number of anilines is 2. The molecule has 4 N–H and O–H groups in total. The van der Waals surface area contributed by atoms with E-state index in [-0.39, 0.29) is 5.95 Å². The highest BCUT2D eigenvalue weighted by Crippen LogP contribution is 2.25. The molecule has 0 radical (unpaired) electrons. The number of pyridine rings is 1. The monoisotopic (exact) mass is 321 g/mol. The van der Waals surface area contributed by atoms with E-state index in [0.717, 1.165) is 15.7 Å². The summed E-state index contributed by atoms with van der Waals surface area (Å²) in [6.45, 7) is 4.27. The molecule has 0 saturated heterocycles. The lowest BCUT2D eigenvalue weighted by atomic mass is 9.95. The van der Waals surface area contributed by atoms with E-state index in [0.29, 0.717) is 18.2 Å². The van der Waals surface area contributed by atoms with Crippen LogP contribution in [0.4, 0.5) is 11.8 Å². The summed E-state index contributed by atoms with van der Waals surface area (Å²) in [5, 5.41) is 0. The summed E-state index contributed by atoms with van der Waals surface area (Å²) in [5.74, 6) is 1.02. The zero-order chi connectivity index (χ0) is 14.0. The van der Waals surface area contributed by atoms with Gasteiger partial charge in [-0.05, 0) is 39.0 Å². The molecule has 6 heteroatoms. The average molecular weight is 322 g/mol. The number of rotatable bonds is 3. The van der Waals surface area contributed by atoms with Gasteiger partial charge in [-0.3, -0.25) is 0 Å². The molecule has 19 heavy (non-hydrogen) atoms. The number of aromatic nitrogens is 3. The Hall–Kier alpha value is -1.69. The topological polar surface area (TPSA) is 90.7 Å². The maximum Gasteiger partial charge on any atom is 0.221 e. The molecule has 0 spiro atoms. The number of hydrogen-bond acceptors (Lipinski definition) is 5. The third-order valence-electron chi connectivity index (χ3n) is 2.91. The second kappa shape index (κ2) is 5.52. The zero-order valence-corrected chi connectivity index (χ0v) is 12.5. The van der Waals surface area contributed by atoms with E-state index in [1.807, 2.05) is 12.3 Å². The Balaban J connectivity index is 2.39. The maximum absolute atomic E-state index is 5.88. The second-order valence-electron chi connectivity index (χ2n) is 4.68. The van der Waals surface area contributed by atoms with Gasteiger partial charge in [0.1, 0.15) is 10.4 Å². The minimum absolute atomic E-state index is 0.196. The molecular formula is C13H16BrN5. The van der Waals surface area contributed by atoms with Crippen molar-refractivity contribution in [2.45, 2.75) is 26.2 Å². The molecule has 2 aromatic heterocycles. The largest absolute Gasteiger partial charge is 0.383 e. The van der Waals surface area contributed by atoms with Crippen LogP contribution in [0, 0.1) is 0 Å². The number of hydrogen-bond donors (Lipinski definition) is 2. The van der Waals surface area contributed by atoms with E-state index in [1.165, 1.54) is 5.56 Å². The first-order valence-electron chi connectivity index (χ1n) is 5.98. The first-order valence-corrected chi connectivity index (χ1v) is 6.78. The van der Waals surface area contributed by atoms with Gasteiger partial charge in [-0.25, -0.2) is 9.97 Å². The van der Waals surface area contributed by atoms with Gasteiger partial charge in [0.05, 0.1) is 0 Å². The minimum Gasteiger partial charge on any atom is -0.383 e. The van der Waals surface area contributed by atoms with Crippen LogP contribution in [0.15, 0.2) is 23.1 Å². The Kier molecular flexibility index (Phi) is 3.99. The average Bonchev–Trinajstić information content (AvgIpc) is 2.32. The number of nitrogens with two attached hydrogens (primary N) is 2. The fourth-order valence-electron chi connectivity index (χ4n) is 1.93. The summed E-state index contributed by atoms with van der Waals surface area (Å²) in [6, 6.07) is 2.01. The van der Waals surface area contributed by atoms with E-state index < -0.39 is 0 Å². The molecule has 5 nitrogen and oxygen atoms in total. The fraction of sp³-hybridized carbons (Fsp3) is 0.308. The second-order valence-corrected chi connectivity index (χ2v) is 5.49. The Labute approximate surface area is 120 Å². The Morgan fingerprint density at radius 2 is 1.89 bits per heavy atom. The predicted octanol–water partition coefficient (Wildman–Crippen LogP) is 2.51. The molecule has 0 aliphatic carbocycles. The summed E-state index contributed by atoms with van der Waals surface area (Å²) in [6.07, 6.45) is 4.23. The molecule has 2 aromatic rings. The molecule has 0 unspecified atom stereocenters. The molecule has 0 amide bonds. The highest BCUT2D eigenvalue weighted by atomic mass is 79.9. The lowest BCUT2D eigenvalue weighted by Crippen LogP contribution is -2.06. The molecule has 2 rings (SSSR count). The summed E-state index contributed by atoms with van der Waals surface area (Å²) in [4.78, 5) is 12.2. The molecule has 0 fully saturated rings. The van der Waals surface area contributed by atoms with Crippen LogP contribution in [0.5, 0.6) is 0 Å². The SMILES string of the molecule is CC(C)c1cnc(Br)cc1Cc1cnc(N)nc1N. The van der Waals surface area contributed by atoms with Gasteiger partial charge in [0, 0.05) is 24.4 Å². The summed E-state index contributed by atoms with van der Waals surface area (Å²) in [7, 11) is 0. The van der Waals surface area contributed by atoms with Gasteiger partial charge in [0.15, 0.2) is 0 Å². The number of halogens is 1. The Bertz CT molecular complexity index is 598. The van der Waals surface area contributed by atoms with Crippen LogP contribution in [-0.4, -0.2) is 15.0 Å². The smallest absolute Gasteiger partial charge is 0.221 e. The molecule has 100 valence electrons. The summed E-state index contributed by atoms with van der Waals surface area (Å²) < 4.78 is 0.807. The van der Waals surface area contributed by atoms with Crippen molar-refractivity contribution in [1.82, 2.24) is 15.0 Å². The standard InChI is InChI=1S/C13H16BrN5/c1-7(2)10-6-17-11(14)4-8(10)3-9-5-18-13(16)19-12(9)15/h4-7H,3H2,1-2H3,(H4,15,16,18,19). The van der Waals surface area contributed by atoms with Crippen molar-refractivity contribution in [1.29, 1.82) is 0 Å². The molecule has 0 aromatic carbocycles. The van der Waals surface area contributed by atoms with Crippen molar-refractivity contribution in [3.63, 3.8) is 0 Å². The molecule has 0 aliphatic rings. The highest BCUT2D eigenvalue weighted by Gasteiger charge is 2.11. The van der Waals surface area contributed by atoms with Crippen molar-refractivity contribution in [3.05, 3.63) is 39.8 Å². The van der Waals surface area contributed by atoms with Crippen LogP contribution in [0.1, 0.15) is 36.5 Å². The van der Waals surface area contributed by atoms with Crippen molar-refractivity contribution < 1.29 is 0 Å². The van der Waals surface area contributed by atoms with Crippen LogP contribution in [0.2, 0.25) is 0 Å². The van der Waals surface area contributed by atoms with E-state index in [9.17, 15) is 0 Å². The molecule has 0 atom stereocenters. The number of nitrogen functional groups attached to an aromatic ring is 2. The van der Waals surface area contributed by atoms with Gasteiger partial charge in [0.2, 0.25) is 5.95 Å².